The molecule has 0 radical (unpaired) electrons. The van der Waals surface area contributed by atoms with E-state index in [2.05, 4.69) is 47.9 Å². The smallest absolute Gasteiger partial charge is 0.191 e. The average molecular weight is 315 g/mol. The van der Waals surface area contributed by atoms with Crippen LogP contribution in [0.5, 0.6) is 0 Å². The molecule has 2 aliphatic rings. The maximum Gasteiger partial charge on any atom is 0.191 e. The predicted octanol–water partition coefficient (Wildman–Crippen LogP) is 2.74. The van der Waals surface area contributed by atoms with Crippen molar-refractivity contribution in [2.45, 2.75) is 45.1 Å². The van der Waals surface area contributed by atoms with Crippen LogP contribution in [0.25, 0.3) is 0 Å². The second kappa shape index (κ2) is 7.82. The Hall–Kier alpha value is -1.55. The van der Waals surface area contributed by atoms with Crippen molar-refractivity contribution in [3.8, 4) is 0 Å². The first-order valence-electron chi connectivity index (χ1n) is 8.97. The van der Waals surface area contributed by atoms with Gasteiger partial charge >= 0.3 is 0 Å². The largest absolute Gasteiger partial charge is 0.376 e. The van der Waals surface area contributed by atoms with Gasteiger partial charge in [0.05, 0.1) is 6.10 Å². The quantitative estimate of drug-likeness (QED) is 0.601. The van der Waals surface area contributed by atoms with E-state index in [1.54, 1.807) is 0 Å². The van der Waals surface area contributed by atoms with E-state index in [-0.39, 0.29) is 0 Å². The molecule has 2 fully saturated rings. The fraction of sp³-hybridized carbons (Fsp3) is 0.632. The molecule has 1 aromatic rings. The maximum absolute atomic E-state index is 5.67. The molecule has 1 aliphatic heterocycles. The van der Waals surface area contributed by atoms with Gasteiger partial charge in [0.25, 0.3) is 0 Å². The number of aliphatic imine (C=N–C) groups is 1. The summed E-state index contributed by atoms with van der Waals surface area (Å²) in [7, 11) is 0. The van der Waals surface area contributed by atoms with E-state index < -0.39 is 0 Å². The summed E-state index contributed by atoms with van der Waals surface area (Å²) in [5.74, 6) is 0.933. The molecule has 1 aliphatic carbocycles. The van der Waals surface area contributed by atoms with E-state index in [0.717, 1.165) is 45.0 Å². The normalized spacial score (nSPS) is 22.8. The third-order valence-electron chi connectivity index (χ3n) is 4.82. The molecule has 3 rings (SSSR count). The van der Waals surface area contributed by atoms with Crippen molar-refractivity contribution in [1.29, 1.82) is 0 Å². The molecule has 0 amide bonds. The van der Waals surface area contributed by atoms with Gasteiger partial charge in [-0.2, -0.15) is 0 Å². The van der Waals surface area contributed by atoms with Crippen molar-refractivity contribution in [3.63, 3.8) is 0 Å². The molecule has 1 saturated heterocycles. The summed E-state index contributed by atoms with van der Waals surface area (Å²) in [6.45, 7) is 5.67. The summed E-state index contributed by atoms with van der Waals surface area (Å²) in [6.07, 6.45) is 6.40. The Morgan fingerprint density at radius 3 is 2.74 bits per heavy atom. The van der Waals surface area contributed by atoms with E-state index in [4.69, 9.17) is 9.73 Å². The van der Waals surface area contributed by atoms with Crippen molar-refractivity contribution in [2.24, 2.45) is 10.4 Å². The van der Waals surface area contributed by atoms with Gasteiger partial charge < -0.3 is 15.4 Å². The second-order valence-corrected chi connectivity index (χ2v) is 6.87. The van der Waals surface area contributed by atoms with Crippen LogP contribution < -0.4 is 10.6 Å². The molecular formula is C19H29N3O. The summed E-state index contributed by atoms with van der Waals surface area (Å²) in [5.41, 5.74) is 1.81. The van der Waals surface area contributed by atoms with Gasteiger partial charge in [0.2, 0.25) is 0 Å². The Morgan fingerprint density at radius 2 is 2.09 bits per heavy atom. The molecule has 0 bridgehead atoms. The molecule has 1 aromatic carbocycles. The number of benzene rings is 1. The van der Waals surface area contributed by atoms with Crippen LogP contribution in [0.3, 0.4) is 0 Å². The lowest BCUT2D eigenvalue weighted by atomic mass is 9.97. The van der Waals surface area contributed by atoms with Gasteiger partial charge in [-0.25, -0.2) is 0 Å². The molecule has 1 atom stereocenters. The van der Waals surface area contributed by atoms with E-state index in [1.807, 2.05) is 0 Å². The van der Waals surface area contributed by atoms with Crippen LogP contribution in [0.1, 0.15) is 38.2 Å². The minimum atomic E-state index is 0.345. The van der Waals surface area contributed by atoms with Gasteiger partial charge in [-0.05, 0) is 50.0 Å². The molecule has 0 spiro atoms. The van der Waals surface area contributed by atoms with Crippen molar-refractivity contribution < 1.29 is 4.74 Å². The van der Waals surface area contributed by atoms with Crippen LogP contribution in [0.4, 0.5) is 0 Å². The van der Waals surface area contributed by atoms with Crippen LogP contribution in [0.2, 0.25) is 0 Å². The molecule has 126 valence electrons. The summed E-state index contributed by atoms with van der Waals surface area (Å²) < 4.78 is 5.67. The Morgan fingerprint density at radius 1 is 1.26 bits per heavy atom. The van der Waals surface area contributed by atoms with E-state index in [9.17, 15) is 0 Å². The first kappa shape index (κ1) is 16.3. The lowest BCUT2D eigenvalue weighted by molar-refractivity contribution is 0.114. The number of guanidine groups is 1. The van der Waals surface area contributed by atoms with Crippen molar-refractivity contribution in [2.75, 3.05) is 26.2 Å². The summed E-state index contributed by atoms with van der Waals surface area (Å²) in [6, 6.07) is 10.8. The van der Waals surface area contributed by atoms with Gasteiger partial charge in [-0.3, -0.25) is 4.99 Å². The zero-order valence-electron chi connectivity index (χ0n) is 14.2. The van der Waals surface area contributed by atoms with Gasteiger partial charge in [0.15, 0.2) is 5.96 Å². The van der Waals surface area contributed by atoms with Gasteiger partial charge in [-0.1, -0.05) is 30.3 Å². The first-order chi connectivity index (χ1) is 11.3. The van der Waals surface area contributed by atoms with E-state index >= 15 is 0 Å². The number of ether oxygens (including phenoxy) is 1. The molecule has 1 saturated carbocycles. The fourth-order valence-corrected chi connectivity index (χ4v) is 3.20. The lowest BCUT2D eigenvalue weighted by Crippen LogP contribution is -2.41. The molecule has 1 unspecified atom stereocenters. The summed E-state index contributed by atoms with van der Waals surface area (Å²) in [4.78, 5) is 4.84. The van der Waals surface area contributed by atoms with Gasteiger partial charge in [0, 0.05) is 26.2 Å². The Bertz CT molecular complexity index is 505. The van der Waals surface area contributed by atoms with Crippen molar-refractivity contribution in [3.05, 3.63) is 35.9 Å². The Balaban J connectivity index is 1.52. The zero-order chi connectivity index (χ0) is 16.0. The van der Waals surface area contributed by atoms with Crippen LogP contribution in [0, 0.1) is 5.41 Å². The minimum Gasteiger partial charge on any atom is -0.376 e. The Labute approximate surface area is 139 Å². The first-order valence-corrected chi connectivity index (χ1v) is 8.97. The van der Waals surface area contributed by atoms with Gasteiger partial charge in [-0.15, -0.1) is 0 Å². The zero-order valence-corrected chi connectivity index (χ0v) is 14.2. The van der Waals surface area contributed by atoms with E-state index in [1.165, 1.54) is 24.8 Å². The van der Waals surface area contributed by atoms with Crippen LogP contribution in [-0.2, 0) is 11.2 Å². The third-order valence-corrected chi connectivity index (χ3v) is 4.82. The number of hydrogen-bond donors (Lipinski definition) is 2. The number of nitrogens with one attached hydrogen (secondary N) is 2. The molecular weight excluding hydrogens is 286 g/mol. The van der Waals surface area contributed by atoms with Gasteiger partial charge in [0.1, 0.15) is 0 Å². The Kier molecular flexibility index (Phi) is 5.55. The van der Waals surface area contributed by atoms with Crippen molar-refractivity contribution in [1.82, 2.24) is 10.6 Å². The predicted molar refractivity (Wildman–Crippen MR) is 94.8 cm³/mol. The average Bonchev–Trinajstić information content (AvgIpc) is 3.13. The highest BCUT2D eigenvalue weighted by Crippen LogP contribution is 2.48. The number of nitrogens with zero attached hydrogens (tertiary/aromatic N) is 1. The number of rotatable bonds is 7. The molecule has 4 nitrogen and oxygen atoms in total. The SMILES string of the molecule is CCNC(=NCC1(Cc2ccccc2)CC1)NCC1CCCO1. The van der Waals surface area contributed by atoms with Crippen LogP contribution in [0.15, 0.2) is 35.3 Å². The monoisotopic (exact) mass is 315 g/mol. The lowest BCUT2D eigenvalue weighted by Gasteiger charge is -2.17. The standard InChI is InChI=1S/C19H29N3O/c1-2-20-18(21-14-17-9-6-12-23-17)22-15-19(10-11-19)13-16-7-4-3-5-8-16/h3-5,7-8,17H,2,6,9-15H2,1H3,(H2,20,21,22). The fourth-order valence-electron chi connectivity index (χ4n) is 3.20. The minimum absolute atomic E-state index is 0.345. The summed E-state index contributed by atoms with van der Waals surface area (Å²) in [5, 5.41) is 6.79. The topological polar surface area (TPSA) is 45.7 Å². The molecule has 1 heterocycles. The molecule has 0 aromatic heterocycles. The second-order valence-electron chi connectivity index (χ2n) is 6.87. The van der Waals surface area contributed by atoms with Crippen LogP contribution in [-0.4, -0.2) is 38.3 Å². The summed E-state index contributed by atoms with van der Waals surface area (Å²) >= 11 is 0. The van der Waals surface area contributed by atoms with E-state index in [0.29, 0.717) is 11.5 Å². The highest BCUT2D eigenvalue weighted by atomic mass is 16.5. The third kappa shape index (κ3) is 4.96. The molecule has 2 N–H and O–H groups in total. The molecule has 4 heteroatoms. The van der Waals surface area contributed by atoms with Crippen LogP contribution >= 0.6 is 0 Å². The molecule has 23 heavy (non-hydrogen) atoms. The number of hydrogen-bond acceptors (Lipinski definition) is 2. The maximum atomic E-state index is 5.67. The highest BCUT2D eigenvalue weighted by molar-refractivity contribution is 5.79. The van der Waals surface area contributed by atoms with Crippen molar-refractivity contribution >= 4 is 5.96 Å². The highest BCUT2D eigenvalue weighted by Gasteiger charge is 2.42.